The molecule has 3 heteroatoms. The summed E-state index contributed by atoms with van der Waals surface area (Å²) >= 11 is 1.78. The maximum atomic E-state index is 4.43. The van der Waals surface area contributed by atoms with Crippen molar-refractivity contribution in [1.82, 2.24) is 10.3 Å². The summed E-state index contributed by atoms with van der Waals surface area (Å²) < 4.78 is 0. The molecule has 78 valence electrons. The summed E-state index contributed by atoms with van der Waals surface area (Å²) in [4.78, 5) is 4.43. The molecule has 1 aromatic rings. The van der Waals surface area contributed by atoms with Gasteiger partial charge in [-0.05, 0) is 18.8 Å². The van der Waals surface area contributed by atoms with Gasteiger partial charge in [-0.3, -0.25) is 0 Å². The first kappa shape index (κ1) is 10.1. The molecule has 0 aromatic carbocycles. The summed E-state index contributed by atoms with van der Waals surface area (Å²) in [6.07, 6.45) is 6.04. The smallest absolute Gasteiger partial charge is 0.110 e. The quantitative estimate of drug-likeness (QED) is 0.826. The zero-order valence-electron chi connectivity index (χ0n) is 8.86. The van der Waals surface area contributed by atoms with Crippen LogP contribution < -0.4 is 5.32 Å². The lowest BCUT2D eigenvalue weighted by molar-refractivity contribution is 0.221. The van der Waals surface area contributed by atoms with Gasteiger partial charge >= 0.3 is 0 Å². The molecule has 0 aliphatic heterocycles. The minimum absolute atomic E-state index is 0.503. The van der Waals surface area contributed by atoms with E-state index in [0.29, 0.717) is 12.1 Å². The largest absolute Gasteiger partial charge is 0.305 e. The van der Waals surface area contributed by atoms with Crippen LogP contribution in [0.1, 0.15) is 44.2 Å². The molecule has 2 rings (SSSR count). The van der Waals surface area contributed by atoms with Crippen molar-refractivity contribution in [3.63, 3.8) is 0 Å². The fraction of sp³-hybridized carbons (Fsp3) is 0.727. The van der Waals surface area contributed by atoms with E-state index in [0.717, 1.165) is 5.92 Å². The van der Waals surface area contributed by atoms with E-state index in [4.69, 9.17) is 0 Å². The van der Waals surface area contributed by atoms with Crippen molar-refractivity contribution in [2.45, 2.75) is 45.2 Å². The zero-order chi connectivity index (χ0) is 9.97. The Morgan fingerprint density at radius 3 is 2.71 bits per heavy atom. The van der Waals surface area contributed by atoms with Crippen molar-refractivity contribution in [3.8, 4) is 0 Å². The fourth-order valence-corrected chi connectivity index (χ4v) is 2.72. The van der Waals surface area contributed by atoms with E-state index < -0.39 is 0 Å². The number of thiazole rings is 1. The van der Waals surface area contributed by atoms with Gasteiger partial charge in [-0.15, -0.1) is 11.3 Å². The van der Waals surface area contributed by atoms with Gasteiger partial charge in [0.25, 0.3) is 0 Å². The van der Waals surface area contributed by atoms with Crippen molar-refractivity contribution in [2.75, 3.05) is 0 Å². The highest BCUT2D eigenvalue weighted by atomic mass is 32.1. The summed E-state index contributed by atoms with van der Waals surface area (Å²) in [5.41, 5.74) is 0. The molecule has 0 saturated heterocycles. The Morgan fingerprint density at radius 2 is 2.29 bits per heavy atom. The third-order valence-corrected chi connectivity index (χ3v) is 3.71. The fourth-order valence-electron chi connectivity index (χ4n) is 1.93. The van der Waals surface area contributed by atoms with Crippen LogP contribution in [0.3, 0.4) is 0 Å². The van der Waals surface area contributed by atoms with Gasteiger partial charge in [0.05, 0.1) is 6.04 Å². The number of hydrogen-bond donors (Lipinski definition) is 1. The summed E-state index contributed by atoms with van der Waals surface area (Å²) in [7, 11) is 0. The first-order valence-corrected chi connectivity index (χ1v) is 6.31. The second-order valence-corrected chi connectivity index (χ2v) is 5.29. The van der Waals surface area contributed by atoms with Gasteiger partial charge in [0.1, 0.15) is 5.01 Å². The number of aromatic nitrogens is 1. The molecule has 0 radical (unpaired) electrons. The lowest BCUT2D eigenvalue weighted by Gasteiger charge is -2.34. The Balaban J connectivity index is 2.05. The van der Waals surface area contributed by atoms with E-state index in [1.165, 1.54) is 24.3 Å². The predicted octanol–water partition coefficient (Wildman–Crippen LogP) is 2.98. The average Bonchev–Trinajstić information content (AvgIpc) is 2.49. The molecule has 1 fully saturated rings. The topological polar surface area (TPSA) is 24.9 Å². The molecule has 1 atom stereocenters. The summed E-state index contributed by atoms with van der Waals surface area (Å²) in [5, 5.41) is 6.97. The monoisotopic (exact) mass is 210 g/mol. The number of nitrogens with zero attached hydrogens (tertiary/aromatic N) is 1. The first-order chi connectivity index (χ1) is 6.77. The number of nitrogens with one attached hydrogen (secondary N) is 1. The second-order valence-electron chi connectivity index (χ2n) is 4.36. The zero-order valence-corrected chi connectivity index (χ0v) is 9.68. The molecule has 14 heavy (non-hydrogen) atoms. The van der Waals surface area contributed by atoms with Gasteiger partial charge in [0.15, 0.2) is 0 Å². The van der Waals surface area contributed by atoms with Gasteiger partial charge in [-0.2, -0.15) is 0 Å². The van der Waals surface area contributed by atoms with Gasteiger partial charge in [-0.25, -0.2) is 4.98 Å². The average molecular weight is 210 g/mol. The Kier molecular flexibility index (Phi) is 3.19. The molecule has 0 bridgehead atoms. The molecular weight excluding hydrogens is 192 g/mol. The van der Waals surface area contributed by atoms with E-state index in [9.17, 15) is 0 Å². The highest BCUT2D eigenvalue weighted by Gasteiger charge is 2.30. The van der Waals surface area contributed by atoms with Crippen molar-refractivity contribution in [3.05, 3.63) is 16.6 Å². The van der Waals surface area contributed by atoms with Crippen LogP contribution in [0.2, 0.25) is 0 Å². The Morgan fingerprint density at radius 1 is 1.50 bits per heavy atom. The van der Waals surface area contributed by atoms with Gasteiger partial charge in [0, 0.05) is 17.6 Å². The van der Waals surface area contributed by atoms with Crippen molar-refractivity contribution < 1.29 is 0 Å². The minimum Gasteiger partial charge on any atom is -0.305 e. The van der Waals surface area contributed by atoms with E-state index in [1.807, 2.05) is 6.20 Å². The molecule has 1 aliphatic rings. The minimum atomic E-state index is 0.503. The molecule has 1 saturated carbocycles. The lowest BCUT2D eigenvalue weighted by atomic mass is 9.79. The maximum absolute atomic E-state index is 4.43. The number of hydrogen-bond acceptors (Lipinski definition) is 3. The summed E-state index contributed by atoms with van der Waals surface area (Å²) in [6.45, 7) is 4.42. The van der Waals surface area contributed by atoms with E-state index in [1.54, 1.807) is 11.3 Å². The van der Waals surface area contributed by atoms with Crippen molar-refractivity contribution >= 4 is 11.3 Å². The van der Waals surface area contributed by atoms with Crippen LogP contribution >= 0.6 is 11.3 Å². The molecule has 1 aromatic heterocycles. The Bertz CT molecular complexity index is 265. The third kappa shape index (κ3) is 2.15. The number of rotatable bonds is 4. The SMILES string of the molecule is CC(C)NC(c1nccs1)C1CCC1. The van der Waals surface area contributed by atoms with Crippen LogP contribution in [0, 0.1) is 5.92 Å². The molecule has 2 nitrogen and oxygen atoms in total. The molecule has 0 amide bonds. The van der Waals surface area contributed by atoms with Crippen molar-refractivity contribution in [2.24, 2.45) is 5.92 Å². The van der Waals surface area contributed by atoms with Crippen molar-refractivity contribution in [1.29, 1.82) is 0 Å². The Labute approximate surface area is 89.8 Å². The third-order valence-electron chi connectivity index (χ3n) is 2.85. The highest BCUT2D eigenvalue weighted by Crippen LogP contribution is 2.38. The second kappa shape index (κ2) is 4.41. The molecule has 1 heterocycles. The van der Waals surface area contributed by atoms with Crippen LogP contribution in [0.25, 0.3) is 0 Å². The summed E-state index contributed by atoms with van der Waals surface area (Å²) in [5.74, 6) is 0.823. The van der Waals surface area contributed by atoms with Gasteiger partial charge in [0.2, 0.25) is 0 Å². The molecule has 0 spiro atoms. The Hall–Kier alpha value is -0.410. The van der Waals surface area contributed by atoms with Crippen LogP contribution in [-0.2, 0) is 0 Å². The normalized spacial score (nSPS) is 19.6. The van der Waals surface area contributed by atoms with E-state index >= 15 is 0 Å². The van der Waals surface area contributed by atoms with Crippen LogP contribution in [0.4, 0.5) is 0 Å². The van der Waals surface area contributed by atoms with E-state index in [-0.39, 0.29) is 0 Å². The molecular formula is C11H18N2S. The van der Waals surface area contributed by atoms with Crippen LogP contribution in [-0.4, -0.2) is 11.0 Å². The van der Waals surface area contributed by atoms with Crippen LogP contribution in [0.15, 0.2) is 11.6 Å². The first-order valence-electron chi connectivity index (χ1n) is 5.43. The maximum Gasteiger partial charge on any atom is 0.110 e. The van der Waals surface area contributed by atoms with Gasteiger partial charge < -0.3 is 5.32 Å². The lowest BCUT2D eigenvalue weighted by Crippen LogP contribution is -2.36. The predicted molar refractivity (Wildman–Crippen MR) is 60.5 cm³/mol. The van der Waals surface area contributed by atoms with E-state index in [2.05, 4.69) is 29.5 Å². The molecule has 1 aliphatic carbocycles. The standard InChI is InChI=1S/C11H18N2S/c1-8(2)13-10(9-4-3-5-9)11-12-6-7-14-11/h6-10,13H,3-5H2,1-2H3. The van der Waals surface area contributed by atoms with Crippen LogP contribution in [0.5, 0.6) is 0 Å². The van der Waals surface area contributed by atoms with Gasteiger partial charge in [-0.1, -0.05) is 20.3 Å². The highest BCUT2D eigenvalue weighted by molar-refractivity contribution is 7.09. The summed E-state index contributed by atoms with van der Waals surface area (Å²) in [6, 6.07) is 1.05. The molecule has 1 unspecified atom stereocenters. The molecule has 1 N–H and O–H groups in total.